The SMILES string of the molecule is CCCCc1ccc(NC(=O)CCc2ccc(OCC)c(OC)c2)cc1. The van der Waals surface area contributed by atoms with Gasteiger partial charge in [0.25, 0.3) is 0 Å². The first kappa shape index (κ1) is 19.8. The van der Waals surface area contributed by atoms with E-state index in [1.807, 2.05) is 37.3 Å². The Balaban J connectivity index is 1.86. The number of carbonyl (C=O) groups is 1. The minimum Gasteiger partial charge on any atom is -0.493 e. The molecular formula is C22H29NO3. The number of unbranched alkanes of at least 4 members (excludes halogenated alkanes) is 1. The predicted molar refractivity (Wildman–Crippen MR) is 106 cm³/mol. The van der Waals surface area contributed by atoms with Crippen LogP contribution in [0.15, 0.2) is 42.5 Å². The van der Waals surface area contributed by atoms with E-state index in [-0.39, 0.29) is 5.91 Å². The van der Waals surface area contributed by atoms with E-state index in [0.29, 0.717) is 25.2 Å². The average molecular weight is 355 g/mol. The zero-order chi connectivity index (χ0) is 18.8. The first-order valence-corrected chi connectivity index (χ1v) is 9.34. The Hall–Kier alpha value is -2.49. The minimum absolute atomic E-state index is 0.0131. The Morgan fingerprint density at radius 3 is 2.35 bits per heavy atom. The van der Waals surface area contributed by atoms with Crippen molar-refractivity contribution in [1.29, 1.82) is 0 Å². The first-order valence-electron chi connectivity index (χ1n) is 9.34. The Kier molecular flexibility index (Phi) is 8.00. The number of hydrogen-bond donors (Lipinski definition) is 1. The quantitative estimate of drug-likeness (QED) is 0.652. The van der Waals surface area contributed by atoms with E-state index in [2.05, 4.69) is 24.4 Å². The molecule has 4 nitrogen and oxygen atoms in total. The Labute approximate surface area is 156 Å². The molecule has 0 aliphatic heterocycles. The summed E-state index contributed by atoms with van der Waals surface area (Å²) in [4.78, 5) is 12.2. The molecule has 2 aromatic carbocycles. The molecule has 140 valence electrons. The summed E-state index contributed by atoms with van der Waals surface area (Å²) in [5, 5.41) is 2.96. The number of amides is 1. The van der Waals surface area contributed by atoms with Crippen molar-refractivity contribution < 1.29 is 14.3 Å². The maximum atomic E-state index is 12.2. The third kappa shape index (κ3) is 6.10. The summed E-state index contributed by atoms with van der Waals surface area (Å²) in [6, 6.07) is 13.9. The molecule has 0 aliphatic carbocycles. The fraction of sp³-hybridized carbons (Fsp3) is 0.409. The van der Waals surface area contributed by atoms with Crippen LogP contribution in [-0.4, -0.2) is 19.6 Å². The van der Waals surface area contributed by atoms with Gasteiger partial charge in [0.05, 0.1) is 13.7 Å². The highest BCUT2D eigenvalue weighted by Crippen LogP contribution is 2.28. The third-order valence-corrected chi connectivity index (χ3v) is 4.23. The highest BCUT2D eigenvalue weighted by Gasteiger charge is 2.08. The van der Waals surface area contributed by atoms with Gasteiger partial charge in [0.1, 0.15) is 0 Å². The van der Waals surface area contributed by atoms with Crippen LogP contribution in [0.3, 0.4) is 0 Å². The van der Waals surface area contributed by atoms with E-state index in [1.54, 1.807) is 7.11 Å². The number of carbonyl (C=O) groups excluding carboxylic acids is 1. The van der Waals surface area contributed by atoms with Crippen LogP contribution in [0.2, 0.25) is 0 Å². The summed E-state index contributed by atoms with van der Waals surface area (Å²) in [5.41, 5.74) is 3.21. The fourth-order valence-electron chi connectivity index (χ4n) is 2.76. The van der Waals surface area contributed by atoms with Gasteiger partial charge in [-0.15, -0.1) is 0 Å². The predicted octanol–water partition coefficient (Wildman–Crippen LogP) is 5.01. The molecule has 0 bridgehead atoms. The summed E-state index contributed by atoms with van der Waals surface area (Å²) in [5.74, 6) is 1.44. The van der Waals surface area contributed by atoms with Crippen molar-refractivity contribution in [3.05, 3.63) is 53.6 Å². The lowest BCUT2D eigenvalue weighted by Gasteiger charge is -2.11. The Morgan fingerprint density at radius 1 is 0.962 bits per heavy atom. The number of benzene rings is 2. The lowest BCUT2D eigenvalue weighted by atomic mass is 10.1. The lowest BCUT2D eigenvalue weighted by molar-refractivity contribution is -0.116. The smallest absolute Gasteiger partial charge is 0.224 e. The zero-order valence-electron chi connectivity index (χ0n) is 16.0. The summed E-state index contributed by atoms with van der Waals surface area (Å²) in [7, 11) is 1.62. The lowest BCUT2D eigenvalue weighted by Crippen LogP contribution is -2.12. The normalized spacial score (nSPS) is 10.4. The van der Waals surface area contributed by atoms with Crippen LogP contribution in [-0.2, 0) is 17.6 Å². The Bertz CT molecular complexity index is 695. The van der Waals surface area contributed by atoms with Crippen molar-refractivity contribution in [3.8, 4) is 11.5 Å². The largest absolute Gasteiger partial charge is 0.493 e. The van der Waals surface area contributed by atoms with E-state index < -0.39 is 0 Å². The zero-order valence-corrected chi connectivity index (χ0v) is 16.0. The molecule has 26 heavy (non-hydrogen) atoms. The van der Waals surface area contributed by atoms with E-state index in [0.717, 1.165) is 23.4 Å². The van der Waals surface area contributed by atoms with E-state index >= 15 is 0 Å². The highest BCUT2D eigenvalue weighted by atomic mass is 16.5. The number of hydrogen-bond acceptors (Lipinski definition) is 3. The van der Waals surface area contributed by atoms with Gasteiger partial charge in [0.15, 0.2) is 11.5 Å². The summed E-state index contributed by atoms with van der Waals surface area (Å²) in [6.07, 6.45) is 4.55. The van der Waals surface area contributed by atoms with Gasteiger partial charge in [-0.3, -0.25) is 4.79 Å². The molecular weight excluding hydrogens is 326 g/mol. The van der Waals surface area contributed by atoms with Crippen LogP contribution in [0.1, 0.15) is 44.2 Å². The second kappa shape index (κ2) is 10.5. The highest BCUT2D eigenvalue weighted by molar-refractivity contribution is 5.90. The van der Waals surface area contributed by atoms with Gasteiger partial charge in [-0.2, -0.15) is 0 Å². The van der Waals surface area contributed by atoms with E-state index in [4.69, 9.17) is 9.47 Å². The molecule has 0 radical (unpaired) electrons. The van der Waals surface area contributed by atoms with E-state index in [9.17, 15) is 4.79 Å². The summed E-state index contributed by atoms with van der Waals surface area (Å²) >= 11 is 0. The standard InChI is InChI=1S/C22H29NO3/c1-4-6-7-17-8-12-19(13-9-17)23-22(24)15-11-18-10-14-20(26-5-2)21(16-18)25-3/h8-10,12-14,16H,4-7,11,15H2,1-3H3,(H,23,24). The van der Waals surface area contributed by atoms with Crippen molar-refractivity contribution in [2.24, 2.45) is 0 Å². The second-order valence-corrected chi connectivity index (χ2v) is 6.27. The minimum atomic E-state index is 0.0131. The molecule has 0 aliphatic rings. The number of rotatable bonds is 10. The van der Waals surface area contributed by atoms with Gasteiger partial charge in [-0.05, 0) is 61.6 Å². The molecule has 4 heteroatoms. The molecule has 0 fully saturated rings. The van der Waals surface area contributed by atoms with Crippen molar-refractivity contribution in [2.75, 3.05) is 19.0 Å². The third-order valence-electron chi connectivity index (χ3n) is 4.23. The van der Waals surface area contributed by atoms with Crippen molar-refractivity contribution in [1.82, 2.24) is 0 Å². The molecule has 0 unspecified atom stereocenters. The summed E-state index contributed by atoms with van der Waals surface area (Å²) in [6.45, 7) is 4.72. The maximum Gasteiger partial charge on any atom is 0.224 e. The number of ether oxygens (including phenoxy) is 2. The van der Waals surface area contributed by atoms with Crippen LogP contribution in [0, 0.1) is 0 Å². The van der Waals surface area contributed by atoms with Gasteiger partial charge in [-0.25, -0.2) is 0 Å². The van der Waals surface area contributed by atoms with Crippen LogP contribution >= 0.6 is 0 Å². The molecule has 0 atom stereocenters. The Morgan fingerprint density at radius 2 is 1.69 bits per heavy atom. The van der Waals surface area contributed by atoms with Gasteiger partial charge < -0.3 is 14.8 Å². The van der Waals surface area contributed by atoms with Crippen LogP contribution < -0.4 is 14.8 Å². The number of nitrogens with one attached hydrogen (secondary N) is 1. The van der Waals surface area contributed by atoms with Gasteiger partial charge in [0, 0.05) is 12.1 Å². The number of anilines is 1. The van der Waals surface area contributed by atoms with Crippen molar-refractivity contribution >= 4 is 11.6 Å². The maximum absolute atomic E-state index is 12.2. The molecule has 2 aromatic rings. The van der Waals surface area contributed by atoms with Crippen LogP contribution in [0.25, 0.3) is 0 Å². The molecule has 1 N–H and O–H groups in total. The number of aryl methyl sites for hydroxylation is 2. The molecule has 0 aromatic heterocycles. The molecule has 0 spiro atoms. The van der Waals surface area contributed by atoms with Crippen molar-refractivity contribution in [3.63, 3.8) is 0 Å². The molecule has 0 heterocycles. The first-order chi connectivity index (χ1) is 12.7. The van der Waals surface area contributed by atoms with Crippen LogP contribution in [0.4, 0.5) is 5.69 Å². The molecule has 0 saturated carbocycles. The summed E-state index contributed by atoms with van der Waals surface area (Å²) < 4.78 is 10.9. The van der Waals surface area contributed by atoms with Crippen molar-refractivity contribution in [2.45, 2.75) is 46.0 Å². The molecule has 2 rings (SSSR count). The molecule has 0 saturated heterocycles. The van der Waals surface area contributed by atoms with Gasteiger partial charge in [0.2, 0.25) is 5.91 Å². The topological polar surface area (TPSA) is 47.6 Å². The van der Waals surface area contributed by atoms with Gasteiger partial charge >= 0.3 is 0 Å². The second-order valence-electron chi connectivity index (χ2n) is 6.27. The average Bonchev–Trinajstić information content (AvgIpc) is 2.67. The molecule has 1 amide bonds. The van der Waals surface area contributed by atoms with E-state index in [1.165, 1.54) is 18.4 Å². The van der Waals surface area contributed by atoms with Crippen LogP contribution in [0.5, 0.6) is 11.5 Å². The van der Waals surface area contributed by atoms with Gasteiger partial charge in [-0.1, -0.05) is 31.5 Å². The fourth-order valence-corrected chi connectivity index (χ4v) is 2.76. The monoisotopic (exact) mass is 355 g/mol. The number of methoxy groups -OCH3 is 1.